The molecule has 1 fully saturated rings. The lowest BCUT2D eigenvalue weighted by molar-refractivity contribution is -0.132. The molecule has 31 heavy (non-hydrogen) atoms. The number of nitrogens with zero attached hydrogens (tertiary/aromatic N) is 1. The lowest BCUT2D eigenvalue weighted by atomic mass is 10.1. The molecule has 0 unspecified atom stereocenters. The largest absolute Gasteiger partial charge is 0.497 e. The van der Waals surface area contributed by atoms with Gasteiger partial charge in [0.2, 0.25) is 5.91 Å². The molecule has 1 atom stereocenters. The fourth-order valence-corrected chi connectivity index (χ4v) is 3.72. The van der Waals surface area contributed by atoms with Crippen molar-refractivity contribution in [1.82, 2.24) is 20.5 Å². The van der Waals surface area contributed by atoms with E-state index >= 15 is 0 Å². The first kappa shape index (κ1) is 20.5. The number of aromatic amines is 1. The number of carbonyl (C=O) groups is 3. The van der Waals surface area contributed by atoms with E-state index in [0.717, 1.165) is 32.7 Å². The third-order valence-electron chi connectivity index (χ3n) is 5.40. The Balaban J connectivity index is 1.29. The SMILES string of the molecule is COc1ccc(CCNC(=O)CN2C(=O)N[C@@H](Cc3c[nH]c4ccccc34)C2=O)cc1. The van der Waals surface area contributed by atoms with E-state index in [2.05, 4.69) is 15.6 Å². The first-order chi connectivity index (χ1) is 15.0. The van der Waals surface area contributed by atoms with Gasteiger partial charge >= 0.3 is 6.03 Å². The van der Waals surface area contributed by atoms with Crippen LogP contribution < -0.4 is 15.4 Å². The zero-order chi connectivity index (χ0) is 21.8. The minimum absolute atomic E-state index is 0.294. The first-order valence-electron chi connectivity index (χ1n) is 10.1. The van der Waals surface area contributed by atoms with E-state index in [0.29, 0.717) is 19.4 Å². The summed E-state index contributed by atoms with van der Waals surface area (Å²) in [5, 5.41) is 6.46. The summed E-state index contributed by atoms with van der Waals surface area (Å²) in [6.07, 6.45) is 2.85. The molecule has 0 radical (unpaired) electrons. The number of ether oxygens (including phenoxy) is 1. The van der Waals surface area contributed by atoms with E-state index in [1.807, 2.05) is 54.7 Å². The number of hydrogen-bond acceptors (Lipinski definition) is 4. The minimum Gasteiger partial charge on any atom is -0.497 e. The topological polar surface area (TPSA) is 104 Å². The van der Waals surface area contributed by atoms with Crippen LogP contribution in [0.5, 0.6) is 5.75 Å². The number of nitrogens with one attached hydrogen (secondary N) is 3. The summed E-state index contributed by atoms with van der Waals surface area (Å²) in [4.78, 5) is 41.4. The van der Waals surface area contributed by atoms with Crippen molar-refractivity contribution in [3.05, 3.63) is 65.9 Å². The second-order valence-corrected chi connectivity index (χ2v) is 7.44. The van der Waals surface area contributed by atoms with Crippen molar-refractivity contribution in [2.45, 2.75) is 18.9 Å². The quantitative estimate of drug-likeness (QED) is 0.485. The van der Waals surface area contributed by atoms with Crippen molar-refractivity contribution in [1.29, 1.82) is 0 Å². The molecule has 8 nitrogen and oxygen atoms in total. The van der Waals surface area contributed by atoms with Crippen molar-refractivity contribution >= 4 is 28.7 Å². The fraction of sp³-hybridized carbons (Fsp3) is 0.261. The summed E-state index contributed by atoms with van der Waals surface area (Å²) in [5.41, 5.74) is 2.97. The Hall–Kier alpha value is -3.81. The Morgan fingerprint density at radius 1 is 1.13 bits per heavy atom. The molecule has 0 bridgehead atoms. The Morgan fingerprint density at radius 2 is 1.90 bits per heavy atom. The van der Waals surface area contributed by atoms with Gasteiger partial charge in [-0.2, -0.15) is 0 Å². The number of para-hydroxylation sites is 1. The minimum atomic E-state index is -0.682. The highest BCUT2D eigenvalue weighted by atomic mass is 16.5. The second kappa shape index (κ2) is 8.91. The maximum atomic E-state index is 12.7. The molecule has 4 rings (SSSR count). The Morgan fingerprint density at radius 3 is 2.68 bits per heavy atom. The van der Waals surface area contributed by atoms with Crippen molar-refractivity contribution in [2.24, 2.45) is 0 Å². The molecule has 1 saturated heterocycles. The average Bonchev–Trinajstić information content (AvgIpc) is 3.30. The zero-order valence-electron chi connectivity index (χ0n) is 17.2. The number of carbonyl (C=O) groups excluding carboxylic acids is 3. The van der Waals surface area contributed by atoms with Crippen LogP contribution in [0.3, 0.4) is 0 Å². The number of H-pyrrole nitrogens is 1. The number of benzene rings is 2. The van der Waals surface area contributed by atoms with Crippen molar-refractivity contribution in [3.8, 4) is 5.75 Å². The van der Waals surface area contributed by atoms with Gasteiger partial charge in [0, 0.05) is 30.1 Å². The van der Waals surface area contributed by atoms with Crippen LogP contribution in [0, 0.1) is 0 Å². The highest BCUT2D eigenvalue weighted by molar-refractivity contribution is 6.06. The zero-order valence-corrected chi connectivity index (χ0v) is 17.2. The van der Waals surface area contributed by atoms with Gasteiger partial charge in [-0.1, -0.05) is 30.3 Å². The van der Waals surface area contributed by atoms with E-state index in [9.17, 15) is 14.4 Å². The number of urea groups is 1. The number of aromatic nitrogens is 1. The Kier molecular flexibility index (Phi) is 5.88. The number of imide groups is 1. The highest BCUT2D eigenvalue weighted by Gasteiger charge is 2.39. The standard InChI is InChI=1S/C23H24N4O4/c1-31-17-8-6-15(7-9-17)10-11-24-21(28)14-27-22(29)20(26-23(27)30)12-16-13-25-19-5-3-2-4-18(16)19/h2-9,13,20,25H,10-12,14H2,1H3,(H,24,28)(H,26,30)/t20-/m0/s1. The molecule has 2 heterocycles. The van der Waals surface area contributed by atoms with Crippen molar-refractivity contribution in [3.63, 3.8) is 0 Å². The van der Waals surface area contributed by atoms with Crippen LogP contribution in [0.1, 0.15) is 11.1 Å². The maximum Gasteiger partial charge on any atom is 0.325 e. The summed E-state index contributed by atoms with van der Waals surface area (Å²) < 4.78 is 5.12. The molecule has 1 aromatic heterocycles. The number of methoxy groups -OCH3 is 1. The van der Waals surface area contributed by atoms with Gasteiger partial charge in [0.25, 0.3) is 5.91 Å². The van der Waals surface area contributed by atoms with Crippen LogP contribution >= 0.6 is 0 Å². The third kappa shape index (κ3) is 4.53. The smallest absolute Gasteiger partial charge is 0.325 e. The van der Waals surface area contributed by atoms with Crippen molar-refractivity contribution < 1.29 is 19.1 Å². The summed E-state index contributed by atoms with van der Waals surface area (Å²) in [6.45, 7) is 0.116. The van der Waals surface area contributed by atoms with E-state index in [1.54, 1.807) is 7.11 Å². The van der Waals surface area contributed by atoms with Gasteiger partial charge in [0.05, 0.1) is 7.11 Å². The average molecular weight is 420 g/mol. The Labute approximate surface area is 179 Å². The molecule has 1 aliphatic heterocycles. The predicted molar refractivity (Wildman–Crippen MR) is 116 cm³/mol. The predicted octanol–water partition coefficient (Wildman–Crippen LogP) is 2.00. The van der Waals surface area contributed by atoms with Crippen LogP contribution in [0.4, 0.5) is 4.79 Å². The van der Waals surface area contributed by atoms with Crippen LogP contribution in [0.2, 0.25) is 0 Å². The normalized spacial score (nSPS) is 15.9. The number of amides is 4. The molecule has 8 heteroatoms. The molecule has 0 aliphatic carbocycles. The Bertz CT molecular complexity index is 1110. The van der Waals surface area contributed by atoms with E-state index in [-0.39, 0.29) is 18.4 Å². The second-order valence-electron chi connectivity index (χ2n) is 7.44. The molecule has 4 amide bonds. The van der Waals surface area contributed by atoms with Gasteiger partial charge in [-0.05, 0) is 35.7 Å². The number of fused-ring (bicyclic) bond motifs is 1. The first-order valence-corrected chi connectivity index (χ1v) is 10.1. The van der Waals surface area contributed by atoms with E-state index in [4.69, 9.17) is 4.74 Å². The molecular formula is C23H24N4O4. The fourth-order valence-electron chi connectivity index (χ4n) is 3.72. The molecule has 160 valence electrons. The molecule has 3 N–H and O–H groups in total. The number of hydrogen-bond donors (Lipinski definition) is 3. The summed E-state index contributed by atoms with van der Waals surface area (Å²) in [5.74, 6) is 0.0128. The van der Waals surface area contributed by atoms with Crippen LogP contribution in [0.25, 0.3) is 10.9 Å². The van der Waals surface area contributed by atoms with Gasteiger partial charge in [0.15, 0.2) is 0 Å². The van der Waals surface area contributed by atoms with Gasteiger partial charge in [-0.25, -0.2) is 4.79 Å². The summed E-state index contributed by atoms with van der Waals surface area (Å²) >= 11 is 0. The van der Waals surface area contributed by atoms with Gasteiger partial charge in [0.1, 0.15) is 18.3 Å². The molecule has 0 spiro atoms. The van der Waals surface area contributed by atoms with Crippen LogP contribution in [-0.2, 0) is 22.4 Å². The van der Waals surface area contributed by atoms with Gasteiger partial charge < -0.3 is 20.4 Å². The lowest BCUT2D eigenvalue weighted by Gasteiger charge is -2.13. The molecular weight excluding hydrogens is 396 g/mol. The maximum absolute atomic E-state index is 12.7. The van der Waals surface area contributed by atoms with Gasteiger partial charge in [-0.3, -0.25) is 14.5 Å². The number of rotatable bonds is 8. The molecule has 1 aliphatic rings. The van der Waals surface area contributed by atoms with Crippen LogP contribution in [0.15, 0.2) is 54.7 Å². The van der Waals surface area contributed by atoms with Gasteiger partial charge in [-0.15, -0.1) is 0 Å². The molecule has 2 aromatic carbocycles. The third-order valence-corrected chi connectivity index (χ3v) is 5.40. The van der Waals surface area contributed by atoms with Crippen molar-refractivity contribution in [2.75, 3.05) is 20.2 Å². The highest BCUT2D eigenvalue weighted by Crippen LogP contribution is 2.21. The van der Waals surface area contributed by atoms with E-state index in [1.165, 1.54) is 0 Å². The lowest BCUT2D eigenvalue weighted by Crippen LogP contribution is -2.41. The van der Waals surface area contributed by atoms with Crippen LogP contribution in [-0.4, -0.2) is 54.0 Å². The monoisotopic (exact) mass is 420 g/mol. The molecule has 0 saturated carbocycles. The molecule has 3 aromatic rings. The van der Waals surface area contributed by atoms with E-state index < -0.39 is 12.1 Å². The summed E-state index contributed by atoms with van der Waals surface area (Å²) in [6, 6.07) is 14.1. The summed E-state index contributed by atoms with van der Waals surface area (Å²) in [7, 11) is 1.61.